The van der Waals surface area contributed by atoms with Gasteiger partial charge in [0, 0.05) is 37.7 Å². The lowest BCUT2D eigenvalue weighted by atomic mass is 10.1. The summed E-state index contributed by atoms with van der Waals surface area (Å²) in [5, 5.41) is 20.5. The summed E-state index contributed by atoms with van der Waals surface area (Å²) in [6.45, 7) is 2.11. The molecule has 1 aromatic carbocycles. The number of hydrogen-bond donors (Lipinski definition) is 1. The number of carbonyl (C=O) groups is 1. The number of benzene rings is 1. The standard InChI is InChI=1S/C13H16N2O5/c1-8(16)10-7-9(15(18)19)3-4-11(10)20-12-5-6-14(2)13(12)17/h3-4,7-8,12,16H,5-6H2,1-2H3. The van der Waals surface area contributed by atoms with E-state index < -0.39 is 17.1 Å². The fourth-order valence-corrected chi connectivity index (χ4v) is 2.14. The highest BCUT2D eigenvalue weighted by Gasteiger charge is 2.31. The number of aliphatic hydroxyl groups is 1. The third kappa shape index (κ3) is 2.72. The van der Waals surface area contributed by atoms with Crippen LogP contribution < -0.4 is 4.74 Å². The molecule has 2 rings (SSSR count). The number of hydrogen-bond acceptors (Lipinski definition) is 5. The van der Waals surface area contributed by atoms with Gasteiger partial charge >= 0.3 is 0 Å². The van der Waals surface area contributed by atoms with E-state index in [-0.39, 0.29) is 11.6 Å². The van der Waals surface area contributed by atoms with Crippen LogP contribution in [0.15, 0.2) is 18.2 Å². The SMILES string of the molecule is CC(O)c1cc([N+](=O)[O-])ccc1OC1CCN(C)C1=O. The van der Waals surface area contributed by atoms with Gasteiger partial charge in [-0.3, -0.25) is 14.9 Å². The van der Waals surface area contributed by atoms with Gasteiger partial charge in [-0.15, -0.1) is 0 Å². The first-order valence-electron chi connectivity index (χ1n) is 6.28. The van der Waals surface area contributed by atoms with Crippen LogP contribution in [-0.4, -0.2) is 40.5 Å². The second kappa shape index (κ2) is 5.46. The van der Waals surface area contributed by atoms with Gasteiger partial charge in [-0.25, -0.2) is 0 Å². The number of non-ortho nitro benzene ring substituents is 1. The number of likely N-dealkylation sites (tertiary alicyclic amines) is 1. The summed E-state index contributed by atoms with van der Waals surface area (Å²) in [6.07, 6.45) is -0.955. The molecule has 0 spiro atoms. The normalized spacial score (nSPS) is 20.1. The van der Waals surface area contributed by atoms with E-state index in [9.17, 15) is 20.0 Å². The Bertz CT molecular complexity index is 544. The van der Waals surface area contributed by atoms with Gasteiger partial charge in [0.2, 0.25) is 0 Å². The van der Waals surface area contributed by atoms with Crippen LogP contribution in [0.5, 0.6) is 5.75 Å². The molecule has 0 aliphatic carbocycles. The van der Waals surface area contributed by atoms with Crippen molar-refractivity contribution in [3.63, 3.8) is 0 Å². The van der Waals surface area contributed by atoms with Gasteiger partial charge in [0.25, 0.3) is 11.6 Å². The first kappa shape index (κ1) is 14.3. The second-order valence-electron chi connectivity index (χ2n) is 4.81. The highest BCUT2D eigenvalue weighted by atomic mass is 16.6. The van der Waals surface area contributed by atoms with Gasteiger partial charge in [0.1, 0.15) is 5.75 Å². The molecule has 1 heterocycles. The molecule has 1 aliphatic rings. The zero-order valence-electron chi connectivity index (χ0n) is 11.3. The number of ether oxygens (including phenoxy) is 1. The van der Waals surface area contributed by atoms with Crippen molar-refractivity contribution >= 4 is 11.6 Å². The van der Waals surface area contributed by atoms with Crippen molar-refractivity contribution in [1.29, 1.82) is 0 Å². The van der Waals surface area contributed by atoms with E-state index in [0.717, 1.165) is 0 Å². The minimum atomic E-state index is -0.917. The molecule has 2 atom stereocenters. The minimum absolute atomic E-state index is 0.122. The van der Waals surface area contributed by atoms with Crippen molar-refractivity contribution in [3.8, 4) is 5.75 Å². The summed E-state index contributed by atoms with van der Waals surface area (Å²) < 4.78 is 5.61. The lowest BCUT2D eigenvalue weighted by Crippen LogP contribution is -2.29. The lowest BCUT2D eigenvalue weighted by molar-refractivity contribution is -0.385. The molecular formula is C13H16N2O5. The molecule has 1 amide bonds. The third-order valence-electron chi connectivity index (χ3n) is 3.30. The third-order valence-corrected chi connectivity index (χ3v) is 3.30. The van der Waals surface area contributed by atoms with E-state index in [0.29, 0.717) is 24.3 Å². The Morgan fingerprint density at radius 2 is 2.25 bits per heavy atom. The molecule has 20 heavy (non-hydrogen) atoms. The van der Waals surface area contributed by atoms with Crippen molar-refractivity contribution in [1.82, 2.24) is 4.90 Å². The van der Waals surface area contributed by atoms with E-state index in [1.54, 1.807) is 11.9 Å². The fourth-order valence-electron chi connectivity index (χ4n) is 2.14. The number of nitro groups is 1. The number of aliphatic hydroxyl groups excluding tert-OH is 1. The Kier molecular flexibility index (Phi) is 3.89. The predicted molar refractivity (Wildman–Crippen MR) is 70.4 cm³/mol. The summed E-state index contributed by atoms with van der Waals surface area (Å²) in [7, 11) is 1.69. The predicted octanol–water partition coefficient (Wildman–Crippen LogP) is 1.26. The zero-order chi connectivity index (χ0) is 14.9. The number of nitro benzene ring substituents is 1. The Hall–Kier alpha value is -2.15. The average Bonchev–Trinajstić information content (AvgIpc) is 2.70. The van der Waals surface area contributed by atoms with E-state index >= 15 is 0 Å². The topological polar surface area (TPSA) is 92.9 Å². The van der Waals surface area contributed by atoms with Crippen LogP contribution in [0.3, 0.4) is 0 Å². The molecule has 2 unspecified atom stereocenters. The van der Waals surface area contributed by atoms with E-state index in [1.165, 1.54) is 25.1 Å². The maximum atomic E-state index is 11.8. The summed E-state index contributed by atoms with van der Waals surface area (Å²) in [5.41, 5.74) is 0.185. The molecule has 1 fully saturated rings. The monoisotopic (exact) mass is 280 g/mol. The number of nitrogens with zero attached hydrogens (tertiary/aromatic N) is 2. The van der Waals surface area contributed by atoms with Crippen LogP contribution in [0.25, 0.3) is 0 Å². The van der Waals surface area contributed by atoms with Gasteiger partial charge in [-0.2, -0.15) is 0 Å². The zero-order valence-corrected chi connectivity index (χ0v) is 11.3. The van der Waals surface area contributed by atoms with Crippen molar-refractivity contribution in [2.75, 3.05) is 13.6 Å². The quantitative estimate of drug-likeness (QED) is 0.662. The summed E-state index contributed by atoms with van der Waals surface area (Å²) >= 11 is 0. The van der Waals surface area contributed by atoms with Crippen LogP contribution >= 0.6 is 0 Å². The number of likely N-dealkylation sites (N-methyl/N-ethyl adjacent to an activating group) is 1. The van der Waals surface area contributed by atoms with Crippen LogP contribution in [0.2, 0.25) is 0 Å². The van der Waals surface area contributed by atoms with Crippen LogP contribution in [0, 0.1) is 10.1 Å². The lowest BCUT2D eigenvalue weighted by Gasteiger charge is -2.17. The highest BCUT2D eigenvalue weighted by molar-refractivity contribution is 5.83. The molecular weight excluding hydrogens is 264 g/mol. The minimum Gasteiger partial charge on any atom is -0.480 e. The second-order valence-corrected chi connectivity index (χ2v) is 4.81. The maximum Gasteiger partial charge on any atom is 0.270 e. The summed E-state index contributed by atoms with van der Waals surface area (Å²) in [5.74, 6) is 0.180. The number of amides is 1. The molecule has 1 saturated heterocycles. The smallest absolute Gasteiger partial charge is 0.270 e. The summed E-state index contributed by atoms with van der Waals surface area (Å²) in [4.78, 5) is 23.6. The molecule has 0 aromatic heterocycles. The van der Waals surface area contributed by atoms with Crippen LogP contribution in [0.1, 0.15) is 25.0 Å². The van der Waals surface area contributed by atoms with Crippen molar-refractivity contribution < 1.29 is 19.6 Å². The molecule has 108 valence electrons. The highest BCUT2D eigenvalue weighted by Crippen LogP contribution is 2.31. The van der Waals surface area contributed by atoms with Gasteiger partial charge < -0.3 is 14.7 Å². The van der Waals surface area contributed by atoms with Crippen LogP contribution in [-0.2, 0) is 4.79 Å². The van der Waals surface area contributed by atoms with E-state index in [2.05, 4.69) is 0 Å². The van der Waals surface area contributed by atoms with Gasteiger partial charge in [0.15, 0.2) is 6.10 Å². The van der Waals surface area contributed by atoms with E-state index in [1.807, 2.05) is 0 Å². The fraction of sp³-hybridized carbons (Fsp3) is 0.462. The Balaban J connectivity index is 2.27. The average molecular weight is 280 g/mol. The molecule has 7 heteroatoms. The number of rotatable bonds is 4. The maximum absolute atomic E-state index is 11.8. The van der Waals surface area contributed by atoms with Crippen molar-refractivity contribution in [2.24, 2.45) is 0 Å². The van der Waals surface area contributed by atoms with Crippen molar-refractivity contribution in [2.45, 2.75) is 25.6 Å². The molecule has 1 aliphatic heterocycles. The largest absolute Gasteiger partial charge is 0.480 e. The van der Waals surface area contributed by atoms with Gasteiger partial charge in [-0.05, 0) is 13.0 Å². The van der Waals surface area contributed by atoms with E-state index in [4.69, 9.17) is 4.74 Å². The first-order valence-corrected chi connectivity index (χ1v) is 6.28. The molecule has 1 aromatic rings. The Labute approximate surface area is 115 Å². The van der Waals surface area contributed by atoms with Crippen molar-refractivity contribution in [3.05, 3.63) is 33.9 Å². The molecule has 0 saturated carbocycles. The molecule has 1 N–H and O–H groups in total. The first-order chi connectivity index (χ1) is 9.40. The summed E-state index contributed by atoms with van der Waals surface area (Å²) in [6, 6.07) is 3.99. The Morgan fingerprint density at radius 1 is 1.55 bits per heavy atom. The molecule has 0 radical (unpaired) electrons. The van der Waals surface area contributed by atoms with Gasteiger partial charge in [-0.1, -0.05) is 0 Å². The van der Waals surface area contributed by atoms with Gasteiger partial charge in [0.05, 0.1) is 11.0 Å². The Morgan fingerprint density at radius 3 is 2.75 bits per heavy atom. The van der Waals surface area contributed by atoms with Crippen LogP contribution in [0.4, 0.5) is 5.69 Å². The number of carbonyl (C=O) groups excluding carboxylic acids is 1. The molecule has 7 nitrogen and oxygen atoms in total. The molecule has 0 bridgehead atoms.